The van der Waals surface area contributed by atoms with E-state index in [1.165, 1.54) is 55.6 Å². The van der Waals surface area contributed by atoms with Crippen molar-refractivity contribution in [3.63, 3.8) is 0 Å². The number of hydrogen-bond acceptors (Lipinski definition) is 2. The maximum Gasteiger partial charge on any atom is 0.140 e. The highest BCUT2D eigenvalue weighted by Gasteiger charge is 2.49. The minimum atomic E-state index is -0.570. The lowest BCUT2D eigenvalue weighted by Gasteiger charge is -2.33. The zero-order valence-corrected chi connectivity index (χ0v) is 34.7. The van der Waals surface area contributed by atoms with Crippen LogP contribution in [0.25, 0.3) is 55.7 Å². The Labute approximate surface area is 363 Å². The van der Waals surface area contributed by atoms with Crippen LogP contribution in [0.2, 0.25) is 0 Å². The first-order valence-corrected chi connectivity index (χ1v) is 21.6. The Balaban J connectivity index is 0.994. The molecule has 0 unspecified atom stereocenters. The number of fused-ring (bicyclic) bond motifs is 8. The summed E-state index contributed by atoms with van der Waals surface area (Å²) in [6, 6.07) is 82.0. The smallest absolute Gasteiger partial charge is 0.140 e. The summed E-state index contributed by atoms with van der Waals surface area (Å²) in [5.74, 6) is 0.949. The fourth-order valence-corrected chi connectivity index (χ4v) is 10.6. The lowest BCUT2D eigenvalue weighted by atomic mass is 9.67. The van der Waals surface area contributed by atoms with Crippen molar-refractivity contribution in [2.75, 3.05) is 4.90 Å². The summed E-state index contributed by atoms with van der Waals surface area (Å²) in [6.07, 6.45) is 0. The molecule has 294 valence electrons. The molecule has 1 heterocycles. The average molecular weight is 794 g/mol. The molecule has 0 spiro atoms. The van der Waals surface area contributed by atoms with Crippen LogP contribution in [0.15, 0.2) is 229 Å². The van der Waals surface area contributed by atoms with E-state index in [-0.39, 0.29) is 5.41 Å². The SMILES string of the molecule is CC1(C)c2ccccc2-c2ccc(N(c3ccc(-c4ccccc4)cc3)c3ccc(-c4ccc5c(c4)C(c4ccccc4)(c4ccccc4)c4c-5oc5ccccc45)cc3)cc21. The van der Waals surface area contributed by atoms with Gasteiger partial charge in [0.2, 0.25) is 0 Å². The van der Waals surface area contributed by atoms with E-state index in [9.17, 15) is 0 Å². The highest BCUT2D eigenvalue weighted by atomic mass is 16.3. The topological polar surface area (TPSA) is 16.4 Å². The Kier molecular flexibility index (Phi) is 8.14. The van der Waals surface area contributed by atoms with Crippen LogP contribution in [-0.2, 0) is 10.8 Å². The van der Waals surface area contributed by atoms with Gasteiger partial charge in [-0.1, -0.05) is 190 Å². The second kappa shape index (κ2) is 13.9. The molecular weight excluding hydrogens is 751 g/mol. The van der Waals surface area contributed by atoms with E-state index in [1.807, 2.05) is 0 Å². The highest BCUT2D eigenvalue weighted by Crippen LogP contribution is 2.60. The van der Waals surface area contributed by atoms with Gasteiger partial charge < -0.3 is 9.32 Å². The molecule has 0 N–H and O–H groups in total. The fourth-order valence-electron chi connectivity index (χ4n) is 10.6. The zero-order valence-electron chi connectivity index (χ0n) is 34.7. The first-order chi connectivity index (χ1) is 30.5. The van der Waals surface area contributed by atoms with Gasteiger partial charge in [-0.2, -0.15) is 0 Å². The Morgan fingerprint density at radius 3 is 1.55 bits per heavy atom. The molecule has 62 heavy (non-hydrogen) atoms. The summed E-state index contributed by atoms with van der Waals surface area (Å²) in [7, 11) is 0. The number of nitrogens with zero attached hydrogens (tertiary/aromatic N) is 1. The Morgan fingerprint density at radius 1 is 0.371 bits per heavy atom. The minimum absolute atomic E-state index is 0.112. The van der Waals surface area contributed by atoms with Gasteiger partial charge in [-0.25, -0.2) is 0 Å². The number of anilines is 3. The standard InChI is InChI=1S/C60H43NO/c1-59(2)53-24-14-12-22-49(53)50-37-35-48(39-54(50)59)61(46-31-26-41(27-32-46)40-16-6-3-7-17-40)47-33-28-42(29-34-47)43-30-36-51-55(38-43)60(44-18-8-4-9-19-44,45-20-10-5-11-21-45)57-52-23-13-15-25-56(52)62-58(51)57/h3-39H,1-2H3. The van der Waals surface area contributed by atoms with E-state index in [4.69, 9.17) is 4.42 Å². The van der Waals surface area contributed by atoms with Gasteiger partial charge in [0, 0.05) is 39.0 Å². The van der Waals surface area contributed by atoms with Crippen molar-refractivity contribution in [3.8, 4) is 44.7 Å². The van der Waals surface area contributed by atoms with Gasteiger partial charge in [0.05, 0.1) is 5.41 Å². The quantitative estimate of drug-likeness (QED) is 0.160. The average Bonchev–Trinajstić information content (AvgIpc) is 3.93. The summed E-state index contributed by atoms with van der Waals surface area (Å²) >= 11 is 0. The summed E-state index contributed by atoms with van der Waals surface area (Å²) in [5.41, 5.74) is 19.7. The van der Waals surface area contributed by atoms with E-state index in [1.54, 1.807) is 0 Å². The van der Waals surface area contributed by atoms with Gasteiger partial charge in [0.1, 0.15) is 11.3 Å². The molecule has 2 nitrogen and oxygen atoms in total. The van der Waals surface area contributed by atoms with Crippen LogP contribution in [0.1, 0.15) is 47.2 Å². The lowest BCUT2D eigenvalue weighted by Crippen LogP contribution is -2.28. The molecule has 9 aromatic carbocycles. The molecular formula is C60H43NO. The molecule has 0 bridgehead atoms. The summed E-state index contributed by atoms with van der Waals surface area (Å²) in [6.45, 7) is 4.70. The maximum atomic E-state index is 6.79. The van der Waals surface area contributed by atoms with E-state index in [2.05, 4.69) is 243 Å². The van der Waals surface area contributed by atoms with E-state index in [0.29, 0.717) is 0 Å². The van der Waals surface area contributed by atoms with Crippen LogP contribution >= 0.6 is 0 Å². The predicted octanol–water partition coefficient (Wildman–Crippen LogP) is 15.9. The number of benzene rings is 9. The van der Waals surface area contributed by atoms with Crippen molar-refractivity contribution in [1.29, 1.82) is 0 Å². The summed E-state index contributed by atoms with van der Waals surface area (Å²) < 4.78 is 6.79. The van der Waals surface area contributed by atoms with Crippen LogP contribution in [0.5, 0.6) is 0 Å². The Bertz CT molecular complexity index is 3250. The molecule has 2 aliphatic carbocycles. The maximum absolute atomic E-state index is 6.79. The predicted molar refractivity (Wildman–Crippen MR) is 257 cm³/mol. The monoisotopic (exact) mass is 793 g/mol. The molecule has 1 aromatic heterocycles. The normalized spacial score (nSPS) is 13.9. The van der Waals surface area contributed by atoms with Crippen molar-refractivity contribution in [1.82, 2.24) is 0 Å². The van der Waals surface area contributed by atoms with Gasteiger partial charge >= 0.3 is 0 Å². The van der Waals surface area contributed by atoms with Crippen LogP contribution in [0.4, 0.5) is 17.1 Å². The van der Waals surface area contributed by atoms with Crippen molar-refractivity contribution < 1.29 is 4.42 Å². The molecule has 0 amide bonds. The van der Waals surface area contributed by atoms with Crippen molar-refractivity contribution in [3.05, 3.63) is 258 Å². The molecule has 2 aliphatic rings. The molecule has 0 atom stereocenters. The number of furan rings is 1. The van der Waals surface area contributed by atoms with Gasteiger partial charge in [-0.3, -0.25) is 0 Å². The molecule has 0 fully saturated rings. The lowest BCUT2D eigenvalue weighted by molar-refractivity contribution is 0.628. The molecule has 10 aromatic rings. The number of rotatable bonds is 7. The van der Waals surface area contributed by atoms with Gasteiger partial charge in [-0.15, -0.1) is 0 Å². The molecule has 2 heteroatoms. The largest absolute Gasteiger partial charge is 0.456 e. The second-order valence-electron chi connectivity index (χ2n) is 17.2. The Morgan fingerprint density at radius 2 is 0.871 bits per heavy atom. The van der Waals surface area contributed by atoms with E-state index in [0.717, 1.165) is 50.5 Å². The van der Waals surface area contributed by atoms with Crippen LogP contribution in [-0.4, -0.2) is 0 Å². The third kappa shape index (κ3) is 5.36. The van der Waals surface area contributed by atoms with Gasteiger partial charge in [0.25, 0.3) is 0 Å². The minimum Gasteiger partial charge on any atom is -0.456 e. The third-order valence-electron chi connectivity index (χ3n) is 13.6. The van der Waals surface area contributed by atoms with Crippen LogP contribution in [0.3, 0.4) is 0 Å². The molecule has 0 radical (unpaired) electrons. The molecule has 12 rings (SSSR count). The van der Waals surface area contributed by atoms with Crippen LogP contribution < -0.4 is 4.90 Å². The molecule has 0 aliphatic heterocycles. The first-order valence-electron chi connectivity index (χ1n) is 21.6. The van der Waals surface area contributed by atoms with Crippen molar-refractivity contribution in [2.45, 2.75) is 24.7 Å². The molecule has 0 saturated heterocycles. The fraction of sp³-hybridized carbons (Fsp3) is 0.0667. The van der Waals surface area contributed by atoms with Gasteiger partial charge in [0.15, 0.2) is 0 Å². The summed E-state index contributed by atoms with van der Waals surface area (Å²) in [5, 5.41) is 1.15. The van der Waals surface area contributed by atoms with E-state index >= 15 is 0 Å². The second-order valence-corrected chi connectivity index (χ2v) is 17.2. The first kappa shape index (κ1) is 36.2. The van der Waals surface area contributed by atoms with Crippen molar-refractivity contribution in [2.24, 2.45) is 0 Å². The third-order valence-corrected chi connectivity index (χ3v) is 13.6. The van der Waals surface area contributed by atoms with E-state index < -0.39 is 5.41 Å². The van der Waals surface area contributed by atoms with Crippen LogP contribution in [0, 0.1) is 0 Å². The highest BCUT2D eigenvalue weighted by molar-refractivity contribution is 5.98. The number of hydrogen-bond donors (Lipinski definition) is 0. The summed E-state index contributed by atoms with van der Waals surface area (Å²) in [4.78, 5) is 2.40. The zero-order chi connectivity index (χ0) is 41.4. The number of para-hydroxylation sites is 1. The Hall–Kier alpha value is -7.68. The molecule has 0 saturated carbocycles. The van der Waals surface area contributed by atoms with Crippen molar-refractivity contribution >= 4 is 28.0 Å². The van der Waals surface area contributed by atoms with Gasteiger partial charge in [-0.05, 0) is 110 Å².